The van der Waals surface area contributed by atoms with Crippen molar-refractivity contribution in [2.45, 2.75) is 12.5 Å². The molecular formula is C19H18N2O4S. The molecule has 3 heterocycles. The van der Waals surface area contributed by atoms with Gasteiger partial charge in [-0.3, -0.25) is 9.59 Å². The third-order valence-corrected chi connectivity index (χ3v) is 5.65. The predicted molar refractivity (Wildman–Crippen MR) is 96.0 cm³/mol. The number of fused-ring (bicyclic) bond motifs is 1. The molecule has 0 spiro atoms. The number of thiophene rings is 1. The zero-order valence-corrected chi connectivity index (χ0v) is 14.9. The van der Waals surface area contributed by atoms with Gasteiger partial charge in [0.2, 0.25) is 5.91 Å². The van der Waals surface area contributed by atoms with Crippen molar-refractivity contribution in [2.24, 2.45) is 0 Å². The lowest BCUT2D eigenvalue weighted by Crippen LogP contribution is -2.50. The number of ether oxygens (including phenoxy) is 1. The number of hydrogen-bond donors (Lipinski definition) is 0. The largest absolute Gasteiger partial charge is 0.453 e. The van der Waals surface area contributed by atoms with E-state index in [1.54, 1.807) is 21.9 Å². The normalized spacial score (nSPS) is 19.2. The fourth-order valence-corrected chi connectivity index (χ4v) is 4.06. The highest BCUT2D eigenvalue weighted by Crippen LogP contribution is 2.33. The van der Waals surface area contributed by atoms with Crippen LogP contribution in [0.25, 0.3) is 0 Å². The minimum absolute atomic E-state index is 0.0192. The molecule has 0 saturated carbocycles. The summed E-state index contributed by atoms with van der Waals surface area (Å²) in [5.41, 5.74) is 1.31. The highest BCUT2D eigenvalue weighted by molar-refractivity contribution is 7.12. The molecule has 26 heavy (non-hydrogen) atoms. The van der Waals surface area contributed by atoms with Gasteiger partial charge in [0.15, 0.2) is 0 Å². The van der Waals surface area contributed by atoms with Crippen LogP contribution in [0.1, 0.15) is 38.1 Å². The maximum atomic E-state index is 12.6. The molecule has 1 aromatic heterocycles. The molecule has 1 saturated heterocycles. The Balaban J connectivity index is 1.35. The first-order valence-electron chi connectivity index (χ1n) is 8.54. The topological polar surface area (TPSA) is 66.9 Å². The summed E-state index contributed by atoms with van der Waals surface area (Å²) >= 11 is 1.43. The van der Waals surface area contributed by atoms with E-state index in [9.17, 15) is 14.4 Å². The van der Waals surface area contributed by atoms with Crippen LogP contribution in [0.15, 0.2) is 41.8 Å². The number of carbonyl (C=O) groups is 3. The van der Waals surface area contributed by atoms with Gasteiger partial charge in [0.05, 0.1) is 16.9 Å². The van der Waals surface area contributed by atoms with Gasteiger partial charge in [0, 0.05) is 31.7 Å². The first-order valence-corrected chi connectivity index (χ1v) is 9.42. The van der Waals surface area contributed by atoms with E-state index in [4.69, 9.17) is 4.74 Å². The van der Waals surface area contributed by atoms with Crippen LogP contribution in [-0.4, -0.2) is 53.8 Å². The summed E-state index contributed by atoms with van der Waals surface area (Å²) in [4.78, 5) is 41.1. The number of piperazine rings is 1. The van der Waals surface area contributed by atoms with Gasteiger partial charge in [-0.15, -0.1) is 11.3 Å². The molecule has 2 amide bonds. The van der Waals surface area contributed by atoms with Crippen molar-refractivity contribution in [3.8, 4) is 0 Å². The number of amides is 2. The SMILES string of the molecule is O=C1O[C@@H](CC(=O)N2CCN(C(=O)c3cccs3)CC2)c2ccccc21. The zero-order chi connectivity index (χ0) is 18.1. The first-order chi connectivity index (χ1) is 12.6. The molecule has 134 valence electrons. The third kappa shape index (κ3) is 3.10. The quantitative estimate of drug-likeness (QED) is 0.778. The maximum Gasteiger partial charge on any atom is 0.339 e. The molecule has 6 nitrogen and oxygen atoms in total. The number of carbonyl (C=O) groups excluding carboxylic acids is 3. The summed E-state index contributed by atoms with van der Waals surface area (Å²) in [6.45, 7) is 2.03. The lowest BCUT2D eigenvalue weighted by atomic mass is 10.0. The Morgan fingerprint density at radius 2 is 1.77 bits per heavy atom. The van der Waals surface area contributed by atoms with Crippen LogP contribution >= 0.6 is 11.3 Å². The van der Waals surface area contributed by atoms with E-state index in [0.717, 1.165) is 10.4 Å². The summed E-state index contributed by atoms with van der Waals surface area (Å²) in [6.07, 6.45) is -0.376. The van der Waals surface area contributed by atoms with Gasteiger partial charge in [0.1, 0.15) is 6.10 Å². The van der Waals surface area contributed by atoms with Gasteiger partial charge in [-0.2, -0.15) is 0 Å². The van der Waals surface area contributed by atoms with Crippen LogP contribution in [0.2, 0.25) is 0 Å². The molecule has 2 aliphatic rings. The van der Waals surface area contributed by atoms with Gasteiger partial charge in [-0.25, -0.2) is 4.79 Å². The lowest BCUT2D eigenvalue weighted by molar-refractivity contribution is -0.134. The molecule has 0 radical (unpaired) electrons. The molecule has 0 N–H and O–H groups in total. The van der Waals surface area contributed by atoms with Crippen molar-refractivity contribution in [2.75, 3.05) is 26.2 Å². The third-order valence-electron chi connectivity index (χ3n) is 4.79. The highest BCUT2D eigenvalue weighted by Gasteiger charge is 2.34. The van der Waals surface area contributed by atoms with E-state index in [0.29, 0.717) is 31.7 Å². The molecule has 7 heteroatoms. The summed E-state index contributed by atoms with van der Waals surface area (Å²) in [7, 11) is 0. The Morgan fingerprint density at radius 3 is 2.50 bits per heavy atom. The van der Waals surface area contributed by atoms with E-state index in [-0.39, 0.29) is 24.2 Å². The fourth-order valence-electron chi connectivity index (χ4n) is 3.37. The van der Waals surface area contributed by atoms with Crippen LogP contribution in [0, 0.1) is 0 Å². The number of benzene rings is 1. The number of rotatable bonds is 3. The summed E-state index contributed by atoms with van der Waals surface area (Å²) in [6, 6.07) is 10.9. The zero-order valence-electron chi connectivity index (χ0n) is 14.1. The summed E-state index contributed by atoms with van der Waals surface area (Å²) < 4.78 is 5.35. The maximum absolute atomic E-state index is 12.6. The van der Waals surface area contributed by atoms with Crippen molar-refractivity contribution in [1.29, 1.82) is 0 Å². The standard InChI is InChI=1S/C19H18N2O4S/c22-17(12-15-13-4-1-2-5-14(13)19(24)25-15)20-7-9-21(10-8-20)18(23)16-6-3-11-26-16/h1-6,11,15H,7-10,12H2/t15-/m0/s1. The van der Waals surface area contributed by atoms with Gasteiger partial charge in [-0.05, 0) is 17.5 Å². The summed E-state index contributed by atoms with van der Waals surface area (Å²) in [5.74, 6) is -0.404. The molecular weight excluding hydrogens is 352 g/mol. The average Bonchev–Trinajstić information content (AvgIpc) is 3.31. The van der Waals surface area contributed by atoms with Crippen molar-refractivity contribution >= 4 is 29.1 Å². The Morgan fingerprint density at radius 1 is 1.04 bits per heavy atom. The number of cyclic esters (lactones) is 1. The van der Waals surface area contributed by atoms with E-state index in [1.165, 1.54) is 11.3 Å². The van der Waals surface area contributed by atoms with E-state index in [1.807, 2.05) is 29.6 Å². The fraction of sp³-hybridized carbons (Fsp3) is 0.316. The smallest absolute Gasteiger partial charge is 0.339 e. The van der Waals surface area contributed by atoms with Crippen molar-refractivity contribution in [3.05, 3.63) is 57.8 Å². The Kier molecular flexibility index (Phi) is 4.46. The minimum Gasteiger partial charge on any atom is -0.453 e. The molecule has 1 aromatic carbocycles. The highest BCUT2D eigenvalue weighted by atomic mass is 32.1. The second kappa shape index (κ2) is 6.92. The predicted octanol–water partition coefficient (Wildman–Crippen LogP) is 2.33. The molecule has 4 rings (SSSR count). The van der Waals surface area contributed by atoms with Crippen LogP contribution in [-0.2, 0) is 9.53 Å². The van der Waals surface area contributed by atoms with Gasteiger partial charge >= 0.3 is 5.97 Å². The molecule has 1 fully saturated rings. The second-order valence-corrected chi connectivity index (χ2v) is 7.28. The summed E-state index contributed by atoms with van der Waals surface area (Å²) in [5, 5.41) is 1.88. The van der Waals surface area contributed by atoms with Gasteiger partial charge < -0.3 is 14.5 Å². The lowest BCUT2D eigenvalue weighted by Gasteiger charge is -2.35. The molecule has 2 aromatic rings. The van der Waals surface area contributed by atoms with E-state index < -0.39 is 6.10 Å². The number of nitrogens with zero attached hydrogens (tertiary/aromatic N) is 2. The Hall–Kier alpha value is -2.67. The molecule has 2 aliphatic heterocycles. The van der Waals surface area contributed by atoms with Crippen LogP contribution < -0.4 is 0 Å². The Bertz CT molecular complexity index is 841. The van der Waals surface area contributed by atoms with Crippen molar-refractivity contribution in [3.63, 3.8) is 0 Å². The molecule has 0 unspecified atom stereocenters. The van der Waals surface area contributed by atoms with Crippen molar-refractivity contribution in [1.82, 2.24) is 9.80 Å². The number of hydrogen-bond acceptors (Lipinski definition) is 5. The van der Waals surface area contributed by atoms with E-state index in [2.05, 4.69) is 0 Å². The van der Waals surface area contributed by atoms with Crippen molar-refractivity contribution < 1.29 is 19.1 Å². The Labute approximate surface area is 155 Å². The first kappa shape index (κ1) is 16.8. The van der Waals surface area contributed by atoms with Gasteiger partial charge in [0.25, 0.3) is 5.91 Å². The minimum atomic E-state index is -0.517. The average molecular weight is 370 g/mol. The molecule has 0 aliphatic carbocycles. The van der Waals surface area contributed by atoms with Crippen LogP contribution in [0.4, 0.5) is 0 Å². The van der Waals surface area contributed by atoms with Crippen LogP contribution in [0.5, 0.6) is 0 Å². The van der Waals surface area contributed by atoms with Gasteiger partial charge in [-0.1, -0.05) is 24.3 Å². The second-order valence-electron chi connectivity index (χ2n) is 6.34. The number of esters is 1. The molecule has 1 atom stereocenters. The van der Waals surface area contributed by atoms with Crippen LogP contribution in [0.3, 0.4) is 0 Å². The monoisotopic (exact) mass is 370 g/mol. The molecule has 0 bridgehead atoms. The van der Waals surface area contributed by atoms with E-state index >= 15 is 0 Å².